The van der Waals surface area contributed by atoms with Gasteiger partial charge in [-0.05, 0) is 25.5 Å². The molecule has 0 aromatic carbocycles. The second kappa shape index (κ2) is 7.68. The molecule has 1 N–H and O–H groups in total. The predicted molar refractivity (Wildman–Crippen MR) is 95.0 cm³/mol. The van der Waals surface area contributed by atoms with Gasteiger partial charge in [0.25, 0.3) is 0 Å². The van der Waals surface area contributed by atoms with Crippen LogP contribution in [-0.4, -0.2) is 63.8 Å². The summed E-state index contributed by atoms with van der Waals surface area (Å²) in [6, 6.07) is 5.98. The molecule has 0 radical (unpaired) electrons. The minimum absolute atomic E-state index is 0.277. The van der Waals surface area contributed by atoms with Gasteiger partial charge in [0, 0.05) is 62.4 Å². The maximum atomic E-state index is 9.54. The van der Waals surface area contributed by atoms with Crippen molar-refractivity contribution in [2.24, 2.45) is 0 Å². The van der Waals surface area contributed by atoms with Crippen molar-refractivity contribution < 1.29 is 5.11 Å². The van der Waals surface area contributed by atoms with E-state index in [-0.39, 0.29) is 6.10 Å². The van der Waals surface area contributed by atoms with Gasteiger partial charge in [-0.1, -0.05) is 6.92 Å². The summed E-state index contributed by atoms with van der Waals surface area (Å²) in [6.45, 7) is 8.42. The van der Waals surface area contributed by atoms with Gasteiger partial charge in [0.2, 0.25) is 0 Å². The molecule has 3 rings (SSSR count). The van der Waals surface area contributed by atoms with Crippen molar-refractivity contribution in [2.45, 2.75) is 26.4 Å². The number of piperazine rings is 1. The molecule has 2 aromatic heterocycles. The zero-order valence-corrected chi connectivity index (χ0v) is 14.4. The van der Waals surface area contributed by atoms with Crippen LogP contribution in [0.5, 0.6) is 0 Å². The van der Waals surface area contributed by atoms with Gasteiger partial charge in [-0.15, -0.1) is 0 Å². The SMILES string of the molecule is CCc1cc(N2CCN(C[C@@H](C)O)CC2)nc(-c2ccncc2)n1. The zero-order chi connectivity index (χ0) is 16.9. The molecule has 0 aliphatic carbocycles. The van der Waals surface area contributed by atoms with Crippen LogP contribution in [0.1, 0.15) is 19.5 Å². The number of rotatable bonds is 5. The number of β-amino-alcohol motifs (C(OH)–C–C–N with tert-alkyl or cyclic N) is 1. The molecule has 2 aromatic rings. The molecule has 1 fully saturated rings. The summed E-state index contributed by atoms with van der Waals surface area (Å²) in [5.41, 5.74) is 2.05. The van der Waals surface area contributed by atoms with Crippen LogP contribution in [0.25, 0.3) is 11.4 Å². The van der Waals surface area contributed by atoms with E-state index in [0.717, 1.165) is 62.0 Å². The summed E-state index contributed by atoms with van der Waals surface area (Å²) < 4.78 is 0. The van der Waals surface area contributed by atoms with Crippen LogP contribution in [0.3, 0.4) is 0 Å². The number of anilines is 1. The van der Waals surface area contributed by atoms with E-state index in [0.29, 0.717) is 0 Å². The van der Waals surface area contributed by atoms with E-state index in [1.165, 1.54) is 0 Å². The lowest BCUT2D eigenvalue weighted by Gasteiger charge is -2.36. The van der Waals surface area contributed by atoms with Crippen LogP contribution < -0.4 is 4.90 Å². The highest BCUT2D eigenvalue weighted by Gasteiger charge is 2.20. The van der Waals surface area contributed by atoms with Gasteiger partial charge in [-0.2, -0.15) is 0 Å². The van der Waals surface area contributed by atoms with E-state index in [4.69, 9.17) is 4.98 Å². The topological polar surface area (TPSA) is 65.4 Å². The number of hydrogen-bond donors (Lipinski definition) is 1. The molecule has 0 saturated carbocycles. The first kappa shape index (κ1) is 16.8. The molecule has 0 unspecified atom stereocenters. The normalized spacial score (nSPS) is 17.0. The predicted octanol–water partition coefficient (Wildman–Crippen LogP) is 1.60. The van der Waals surface area contributed by atoms with Crippen molar-refractivity contribution in [3.8, 4) is 11.4 Å². The third-order valence-electron chi connectivity index (χ3n) is 4.29. The van der Waals surface area contributed by atoms with E-state index in [2.05, 4.69) is 32.8 Å². The number of hydrogen-bond acceptors (Lipinski definition) is 6. The molecular formula is C18H25N5O. The summed E-state index contributed by atoms with van der Waals surface area (Å²) in [7, 11) is 0. The minimum Gasteiger partial charge on any atom is -0.392 e. The molecule has 128 valence electrons. The number of aliphatic hydroxyl groups is 1. The Kier molecular flexibility index (Phi) is 5.37. The molecule has 24 heavy (non-hydrogen) atoms. The Balaban J connectivity index is 1.79. The average Bonchev–Trinajstić information content (AvgIpc) is 2.62. The van der Waals surface area contributed by atoms with Gasteiger partial charge < -0.3 is 10.0 Å². The van der Waals surface area contributed by atoms with E-state index in [1.54, 1.807) is 12.4 Å². The Morgan fingerprint density at radius 1 is 1.12 bits per heavy atom. The van der Waals surface area contributed by atoms with Crippen molar-refractivity contribution in [3.63, 3.8) is 0 Å². The minimum atomic E-state index is -0.277. The highest BCUT2D eigenvalue weighted by atomic mass is 16.3. The summed E-state index contributed by atoms with van der Waals surface area (Å²) in [6.07, 6.45) is 4.15. The monoisotopic (exact) mass is 327 g/mol. The van der Waals surface area contributed by atoms with Gasteiger partial charge in [0.15, 0.2) is 5.82 Å². The fourth-order valence-electron chi connectivity index (χ4n) is 2.99. The third kappa shape index (κ3) is 4.07. The largest absolute Gasteiger partial charge is 0.392 e. The molecule has 0 spiro atoms. The van der Waals surface area contributed by atoms with Crippen molar-refractivity contribution in [3.05, 3.63) is 36.3 Å². The van der Waals surface area contributed by atoms with Crippen molar-refractivity contribution >= 4 is 5.82 Å². The number of aryl methyl sites for hydroxylation is 1. The van der Waals surface area contributed by atoms with E-state index in [9.17, 15) is 5.11 Å². The van der Waals surface area contributed by atoms with Crippen LogP contribution in [0.4, 0.5) is 5.82 Å². The highest BCUT2D eigenvalue weighted by Crippen LogP contribution is 2.21. The van der Waals surface area contributed by atoms with Crippen molar-refractivity contribution in [1.29, 1.82) is 0 Å². The Hall–Kier alpha value is -2.05. The fourth-order valence-corrected chi connectivity index (χ4v) is 2.99. The molecule has 6 nitrogen and oxygen atoms in total. The Bertz CT molecular complexity index is 654. The van der Waals surface area contributed by atoms with Crippen LogP contribution in [0, 0.1) is 0 Å². The van der Waals surface area contributed by atoms with Crippen LogP contribution in [0.2, 0.25) is 0 Å². The molecule has 1 saturated heterocycles. The summed E-state index contributed by atoms with van der Waals surface area (Å²) >= 11 is 0. The van der Waals surface area contributed by atoms with E-state index >= 15 is 0 Å². The van der Waals surface area contributed by atoms with Crippen molar-refractivity contribution in [2.75, 3.05) is 37.6 Å². The first-order valence-electron chi connectivity index (χ1n) is 8.59. The standard InChI is InChI=1S/C18H25N5O/c1-3-16-12-17(21-18(20-16)15-4-6-19-7-5-15)23-10-8-22(9-11-23)13-14(2)24/h4-7,12,14,24H,3,8-11,13H2,1-2H3/t14-/m1/s1. The second-order valence-electron chi connectivity index (χ2n) is 6.27. The van der Waals surface area contributed by atoms with E-state index < -0.39 is 0 Å². The van der Waals surface area contributed by atoms with Crippen LogP contribution in [0.15, 0.2) is 30.6 Å². The third-order valence-corrected chi connectivity index (χ3v) is 4.29. The first-order chi connectivity index (χ1) is 11.7. The molecule has 1 aliphatic heterocycles. The molecule has 0 amide bonds. The molecule has 0 bridgehead atoms. The molecule has 1 atom stereocenters. The number of pyridine rings is 1. The zero-order valence-electron chi connectivity index (χ0n) is 14.4. The lowest BCUT2D eigenvalue weighted by Crippen LogP contribution is -2.48. The summed E-state index contributed by atoms with van der Waals surface area (Å²) in [5.74, 6) is 1.75. The Morgan fingerprint density at radius 3 is 2.46 bits per heavy atom. The van der Waals surface area contributed by atoms with Crippen LogP contribution in [-0.2, 0) is 6.42 Å². The first-order valence-corrected chi connectivity index (χ1v) is 8.59. The molecular weight excluding hydrogens is 302 g/mol. The summed E-state index contributed by atoms with van der Waals surface area (Å²) in [4.78, 5) is 18.1. The van der Waals surface area contributed by atoms with Gasteiger partial charge in [0.05, 0.1) is 6.10 Å². The number of nitrogens with zero attached hydrogens (tertiary/aromatic N) is 5. The molecule has 6 heteroatoms. The van der Waals surface area contributed by atoms with Gasteiger partial charge in [-0.25, -0.2) is 9.97 Å². The lowest BCUT2D eigenvalue weighted by molar-refractivity contribution is 0.122. The van der Waals surface area contributed by atoms with Gasteiger partial charge in [-0.3, -0.25) is 9.88 Å². The summed E-state index contributed by atoms with van der Waals surface area (Å²) in [5, 5.41) is 9.54. The highest BCUT2D eigenvalue weighted by molar-refractivity contribution is 5.57. The Morgan fingerprint density at radius 2 is 1.83 bits per heavy atom. The maximum absolute atomic E-state index is 9.54. The molecule has 1 aliphatic rings. The second-order valence-corrected chi connectivity index (χ2v) is 6.27. The Labute approximate surface area is 143 Å². The molecule has 3 heterocycles. The van der Waals surface area contributed by atoms with E-state index in [1.807, 2.05) is 19.1 Å². The van der Waals surface area contributed by atoms with Gasteiger partial charge in [0.1, 0.15) is 5.82 Å². The lowest BCUT2D eigenvalue weighted by atomic mass is 10.2. The number of aliphatic hydroxyl groups excluding tert-OH is 1. The fraction of sp³-hybridized carbons (Fsp3) is 0.500. The van der Waals surface area contributed by atoms with Gasteiger partial charge >= 0.3 is 0 Å². The van der Waals surface area contributed by atoms with Crippen molar-refractivity contribution in [1.82, 2.24) is 19.9 Å². The number of aromatic nitrogens is 3. The average molecular weight is 327 g/mol. The smallest absolute Gasteiger partial charge is 0.161 e. The quantitative estimate of drug-likeness (QED) is 0.900. The maximum Gasteiger partial charge on any atom is 0.161 e. The van der Waals surface area contributed by atoms with Crippen LogP contribution >= 0.6 is 0 Å².